The van der Waals surface area contributed by atoms with Crippen molar-refractivity contribution in [3.63, 3.8) is 0 Å². The average molecular weight is 416 g/mol. The Morgan fingerprint density at radius 3 is 1.19 bits per heavy atom. The molecule has 0 bridgehead atoms. The molecule has 2 rings (SSSR count). The van der Waals surface area contributed by atoms with E-state index in [-0.39, 0.29) is 19.5 Å². The van der Waals surface area contributed by atoms with Crippen molar-refractivity contribution in [2.45, 2.75) is 38.5 Å². The molecule has 2 aliphatic heterocycles. The van der Waals surface area contributed by atoms with E-state index in [1.165, 1.54) is 38.5 Å². The minimum atomic E-state index is 0. The summed E-state index contributed by atoms with van der Waals surface area (Å²) >= 11 is 19.0. The fourth-order valence-electron chi connectivity index (χ4n) is 2.27. The number of hydrogen-bond acceptors (Lipinski definition) is 6. The molecule has 0 unspecified atom stereocenters. The van der Waals surface area contributed by atoms with Gasteiger partial charge >= 0.3 is 19.5 Å². The molecule has 2 saturated heterocycles. The Kier molecular flexibility index (Phi) is 13.7. The Hall–Kier alpha value is 0.763. The largest absolute Gasteiger partial charge is 2.00 e. The Morgan fingerprint density at radius 2 is 0.952 bits per heavy atom. The third-order valence-corrected chi connectivity index (χ3v) is 3.58. The molecule has 116 valence electrons. The summed E-state index contributed by atoms with van der Waals surface area (Å²) < 4.78 is 0.920. The van der Waals surface area contributed by atoms with Crippen LogP contribution in [0.15, 0.2) is 0 Å². The zero-order chi connectivity index (χ0) is 14.8. The van der Waals surface area contributed by atoms with Crippen molar-refractivity contribution in [1.29, 1.82) is 0 Å². The average Bonchev–Trinajstić information content (AvgIpc) is 2.40. The van der Waals surface area contributed by atoms with Gasteiger partial charge in [0.25, 0.3) is 0 Å². The number of nitrogens with zero attached hydrogens (tertiary/aromatic N) is 2. The van der Waals surface area contributed by atoms with Gasteiger partial charge in [0.05, 0.1) is 0 Å². The summed E-state index contributed by atoms with van der Waals surface area (Å²) in [4.78, 5) is 0. The third-order valence-electron chi connectivity index (χ3n) is 3.21. The summed E-state index contributed by atoms with van der Waals surface area (Å²) in [6, 6.07) is 0. The van der Waals surface area contributed by atoms with Crippen LogP contribution in [0.25, 0.3) is 0 Å². The van der Waals surface area contributed by atoms with Gasteiger partial charge in [-0.15, -0.1) is 0 Å². The molecule has 0 aromatic carbocycles. The van der Waals surface area contributed by atoms with Crippen LogP contribution in [-0.4, -0.2) is 44.8 Å². The summed E-state index contributed by atoms with van der Waals surface area (Å²) in [5.74, 6) is 0. The van der Waals surface area contributed by atoms with Crippen molar-refractivity contribution in [3.05, 3.63) is 0 Å². The molecule has 0 radical (unpaired) electrons. The number of hydrazine groups is 2. The van der Waals surface area contributed by atoms with E-state index in [9.17, 15) is 0 Å². The number of hydrogen-bond donors (Lipinski definition) is 2. The first-order chi connectivity index (χ1) is 9.58. The van der Waals surface area contributed by atoms with Crippen molar-refractivity contribution >= 4 is 58.3 Å². The van der Waals surface area contributed by atoms with Crippen molar-refractivity contribution in [2.24, 2.45) is 0 Å². The summed E-state index contributed by atoms with van der Waals surface area (Å²) in [5, 5.41) is 4.19. The minimum Gasteiger partial charge on any atom is -0.410 e. The predicted molar refractivity (Wildman–Crippen MR) is 97.0 cm³/mol. The molecule has 2 aliphatic rings. The van der Waals surface area contributed by atoms with Crippen LogP contribution in [0.1, 0.15) is 38.5 Å². The SMILES string of the molecule is S=C([S-])NN1CCCCC1.S=C([S-])NN1CCCCC1.[Zn+2]. The molecular weight excluding hydrogens is 394 g/mol. The van der Waals surface area contributed by atoms with Gasteiger partial charge in [-0.3, -0.25) is 0 Å². The number of rotatable bonds is 2. The molecule has 2 N–H and O–H groups in total. The molecule has 0 aromatic heterocycles. The summed E-state index contributed by atoms with van der Waals surface area (Å²) in [6.07, 6.45) is 7.69. The van der Waals surface area contributed by atoms with Gasteiger partial charge < -0.3 is 60.5 Å². The quantitative estimate of drug-likeness (QED) is 0.399. The van der Waals surface area contributed by atoms with Gasteiger partial charge in [-0.2, -0.15) is 0 Å². The van der Waals surface area contributed by atoms with Crippen molar-refractivity contribution in [2.75, 3.05) is 26.2 Å². The molecule has 2 heterocycles. The molecule has 9 heteroatoms. The van der Waals surface area contributed by atoms with E-state index in [4.69, 9.17) is 49.7 Å². The molecular formula is C12H22N4S4Zn. The first-order valence-corrected chi connectivity index (χ1v) is 8.66. The molecule has 0 atom stereocenters. The first kappa shape index (κ1) is 21.8. The van der Waals surface area contributed by atoms with E-state index in [0.29, 0.717) is 8.64 Å². The molecule has 0 saturated carbocycles. The molecule has 2 fully saturated rings. The van der Waals surface area contributed by atoms with Crippen molar-refractivity contribution in [1.82, 2.24) is 20.9 Å². The van der Waals surface area contributed by atoms with Crippen LogP contribution < -0.4 is 10.9 Å². The smallest absolute Gasteiger partial charge is 0.410 e. The Labute approximate surface area is 162 Å². The van der Waals surface area contributed by atoms with Gasteiger partial charge in [0, 0.05) is 26.2 Å². The topological polar surface area (TPSA) is 30.5 Å². The van der Waals surface area contributed by atoms with Gasteiger partial charge in [-0.25, -0.2) is 10.0 Å². The Balaban J connectivity index is 0.000000364. The van der Waals surface area contributed by atoms with Crippen LogP contribution in [0.4, 0.5) is 0 Å². The summed E-state index contributed by atoms with van der Waals surface area (Å²) in [7, 11) is 0. The second kappa shape index (κ2) is 13.2. The van der Waals surface area contributed by atoms with Crippen molar-refractivity contribution in [3.8, 4) is 0 Å². The van der Waals surface area contributed by atoms with Gasteiger partial charge in [0.2, 0.25) is 0 Å². The van der Waals surface area contributed by atoms with Crippen LogP contribution in [0, 0.1) is 0 Å². The van der Waals surface area contributed by atoms with E-state index in [0.717, 1.165) is 26.2 Å². The molecule has 0 aromatic rings. The van der Waals surface area contributed by atoms with Gasteiger partial charge in [0.15, 0.2) is 0 Å². The molecule has 4 nitrogen and oxygen atoms in total. The maximum atomic E-state index is 4.74. The third kappa shape index (κ3) is 11.9. The molecule has 21 heavy (non-hydrogen) atoms. The van der Waals surface area contributed by atoms with Crippen molar-refractivity contribution < 1.29 is 19.5 Å². The van der Waals surface area contributed by atoms with Gasteiger partial charge in [0.1, 0.15) is 0 Å². The number of piperidine rings is 2. The van der Waals surface area contributed by atoms with E-state index in [2.05, 4.69) is 20.9 Å². The fourth-order valence-corrected chi connectivity index (χ4v) is 2.79. The predicted octanol–water partition coefficient (Wildman–Crippen LogP) is 1.61. The van der Waals surface area contributed by atoms with E-state index < -0.39 is 0 Å². The summed E-state index contributed by atoms with van der Waals surface area (Å²) in [6.45, 7) is 4.32. The van der Waals surface area contributed by atoms with E-state index in [1.54, 1.807) is 0 Å². The maximum absolute atomic E-state index is 4.74. The zero-order valence-electron chi connectivity index (χ0n) is 12.3. The maximum Gasteiger partial charge on any atom is 2.00 e. The Bertz CT molecular complexity index is 278. The molecule has 0 spiro atoms. The fraction of sp³-hybridized carbons (Fsp3) is 0.833. The summed E-state index contributed by atoms with van der Waals surface area (Å²) in [5.41, 5.74) is 5.92. The van der Waals surface area contributed by atoms with E-state index in [1.807, 2.05) is 0 Å². The van der Waals surface area contributed by atoms with Crippen LogP contribution >= 0.6 is 24.4 Å². The molecule has 0 aliphatic carbocycles. The van der Waals surface area contributed by atoms with Crippen LogP contribution in [0.2, 0.25) is 0 Å². The van der Waals surface area contributed by atoms with Gasteiger partial charge in [-0.1, -0.05) is 12.8 Å². The monoisotopic (exact) mass is 414 g/mol. The Morgan fingerprint density at radius 1 is 0.667 bits per heavy atom. The first-order valence-electron chi connectivity index (χ1n) is 7.03. The normalized spacial score (nSPS) is 19.4. The standard InChI is InChI=1S/2C6H12N2S2.Zn/c2*9-6(10)7-8-4-2-1-3-5-8;/h2*1-5H2,(H2,7,9,10);/q;;+2/p-2. The van der Waals surface area contributed by atoms with Crippen LogP contribution in [0.3, 0.4) is 0 Å². The minimum absolute atomic E-state index is 0. The number of thiocarbonyl (C=S) groups is 2. The van der Waals surface area contributed by atoms with Crippen LogP contribution in [-0.2, 0) is 44.7 Å². The molecule has 0 amide bonds. The second-order valence-corrected chi connectivity index (χ2v) is 7.04. The van der Waals surface area contributed by atoms with Crippen LogP contribution in [0.5, 0.6) is 0 Å². The number of nitrogens with one attached hydrogen (secondary N) is 2. The zero-order valence-corrected chi connectivity index (χ0v) is 18.5. The second-order valence-electron chi connectivity index (χ2n) is 4.89. The van der Waals surface area contributed by atoms with E-state index >= 15 is 0 Å². The van der Waals surface area contributed by atoms with Gasteiger partial charge in [-0.05, 0) is 34.3 Å².